The van der Waals surface area contributed by atoms with Crippen LogP contribution in [-0.4, -0.2) is 6.04 Å². The van der Waals surface area contributed by atoms with Gasteiger partial charge in [0.15, 0.2) is 0 Å². The van der Waals surface area contributed by atoms with E-state index in [-0.39, 0.29) is 11.9 Å². The van der Waals surface area contributed by atoms with Gasteiger partial charge in [0.1, 0.15) is 5.82 Å². The maximum Gasteiger partial charge on any atom is 0.123 e. The Morgan fingerprint density at radius 1 is 1.19 bits per heavy atom. The Labute approximate surface area is 126 Å². The average Bonchev–Trinajstić information content (AvgIpc) is 2.49. The van der Waals surface area contributed by atoms with Crippen molar-refractivity contribution in [1.29, 1.82) is 0 Å². The molecule has 0 spiro atoms. The van der Waals surface area contributed by atoms with Crippen molar-refractivity contribution in [2.45, 2.75) is 38.6 Å². The molecule has 3 rings (SSSR count). The quantitative estimate of drug-likeness (QED) is 0.910. The molecule has 0 radical (unpaired) electrons. The SMILES string of the molecule is Cc1cc(F)ccc1CC(N)C1CCc2ccccc2C1. The number of benzene rings is 2. The number of halogens is 1. The Kier molecular flexibility index (Phi) is 4.07. The standard InChI is InChI=1S/C19H22FN/c1-13-10-18(20)9-8-15(13)12-19(21)17-7-6-14-4-2-3-5-16(14)11-17/h2-5,8-10,17,19H,6-7,11-12,21H2,1H3. The van der Waals surface area contributed by atoms with Crippen molar-refractivity contribution >= 4 is 0 Å². The Bertz CT molecular complexity index is 635. The molecular formula is C19H22FN. The molecule has 2 unspecified atom stereocenters. The molecule has 0 heterocycles. The second-order valence-electron chi connectivity index (χ2n) is 6.21. The van der Waals surface area contributed by atoms with Crippen LogP contribution >= 0.6 is 0 Å². The third kappa shape index (κ3) is 3.16. The minimum absolute atomic E-state index is 0.141. The van der Waals surface area contributed by atoms with Crippen molar-refractivity contribution in [3.05, 3.63) is 70.5 Å². The summed E-state index contributed by atoms with van der Waals surface area (Å²) in [5, 5.41) is 0. The van der Waals surface area contributed by atoms with Gasteiger partial charge in [-0.15, -0.1) is 0 Å². The molecule has 1 aliphatic rings. The van der Waals surface area contributed by atoms with Crippen LogP contribution in [0.15, 0.2) is 42.5 Å². The van der Waals surface area contributed by atoms with Crippen molar-refractivity contribution < 1.29 is 4.39 Å². The van der Waals surface area contributed by atoms with E-state index in [0.717, 1.165) is 31.2 Å². The zero-order chi connectivity index (χ0) is 14.8. The van der Waals surface area contributed by atoms with Crippen LogP contribution in [0.5, 0.6) is 0 Å². The Morgan fingerprint density at radius 2 is 1.95 bits per heavy atom. The molecule has 110 valence electrons. The highest BCUT2D eigenvalue weighted by molar-refractivity contribution is 5.31. The van der Waals surface area contributed by atoms with Gasteiger partial charge in [0.05, 0.1) is 0 Å². The van der Waals surface area contributed by atoms with Gasteiger partial charge in [0.2, 0.25) is 0 Å². The molecule has 0 saturated heterocycles. The summed E-state index contributed by atoms with van der Waals surface area (Å²) in [4.78, 5) is 0. The minimum atomic E-state index is -0.170. The molecule has 1 nitrogen and oxygen atoms in total. The predicted octanol–water partition coefficient (Wildman–Crippen LogP) is 3.81. The zero-order valence-electron chi connectivity index (χ0n) is 12.5. The van der Waals surface area contributed by atoms with Gasteiger partial charge in [-0.1, -0.05) is 30.3 Å². The maximum atomic E-state index is 13.2. The van der Waals surface area contributed by atoms with Gasteiger partial charge in [-0.25, -0.2) is 4.39 Å². The van der Waals surface area contributed by atoms with Crippen LogP contribution < -0.4 is 5.73 Å². The Hall–Kier alpha value is -1.67. The van der Waals surface area contributed by atoms with E-state index < -0.39 is 0 Å². The van der Waals surface area contributed by atoms with Gasteiger partial charge in [-0.05, 0) is 72.9 Å². The predicted molar refractivity (Wildman–Crippen MR) is 84.8 cm³/mol. The summed E-state index contributed by atoms with van der Waals surface area (Å²) in [7, 11) is 0. The van der Waals surface area contributed by atoms with Gasteiger partial charge in [0, 0.05) is 6.04 Å². The van der Waals surface area contributed by atoms with Crippen LogP contribution in [0.25, 0.3) is 0 Å². The van der Waals surface area contributed by atoms with Crippen LogP contribution in [0.1, 0.15) is 28.7 Å². The van der Waals surface area contributed by atoms with E-state index in [2.05, 4.69) is 24.3 Å². The Morgan fingerprint density at radius 3 is 2.71 bits per heavy atom. The molecular weight excluding hydrogens is 261 g/mol. The third-order valence-electron chi connectivity index (χ3n) is 4.75. The molecule has 2 atom stereocenters. The lowest BCUT2D eigenvalue weighted by Gasteiger charge is -2.29. The molecule has 0 saturated carbocycles. The number of fused-ring (bicyclic) bond motifs is 1. The molecule has 2 N–H and O–H groups in total. The van der Waals surface area contributed by atoms with Gasteiger partial charge in [-0.2, -0.15) is 0 Å². The molecule has 0 bridgehead atoms. The van der Waals surface area contributed by atoms with Crippen molar-refractivity contribution in [2.75, 3.05) is 0 Å². The number of hydrogen-bond donors (Lipinski definition) is 1. The molecule has 2 aromatic rings. The number of rotatable bonds is 3. The van der Waals surface area contributed by atoms with Crippen LogP contribution in [0.2, 0.25) is 0 Å². The molecule has 21 heavy (non-hydrogen) atoms. The second-order valence-corrected chi connectivity index (χ2v) is 6.21. The zero-order valence-corrected chi connectivity index (χ0v) is 12.5. The van der Waals surface area contributed by atoms with Gasteiger partial charge in [-0.3, -0.25) is 0 Å². The first-order valence-electron chi connectivity index (χ1n) is 7.71. The topological polar surface area (TPSA) is 26.0 Å². The van der Waals surface area contributed by atoms with Crippen LogP contribution in [-0.2, 0) is 19.3 Å². The summed E-state index contributed by atoms with van der Waals surface area (Å²) >= 11 is 0. The van der Waals surface area contributed by atoms with E-state index in [1.807, 2.05) is 13.0 Å². The average molecular weight is 283 g/mol. The number of nitrogens with two attached hydrogens (primary N) is 1. The van der Waals surface area contributed by atoms with E-state index in [0.29, 0.717) is 5.92 Å². The smallest absolute Gasteiger partial charge is 0.123 e. The first kappa shape index (κ1) is 14.3. The molecule has 2 aromatic carbocycles. The van der Waals surface area contributed by atoms with Gasteiger partial charge < -0.3 is 5.73 Å². The van der Waals surface area contributed by atoms with Gasteiger partial charge >= 0.3 is 0 Å². The summed E-state index contributed by atoms with van der Waals surface area (Å²) in [5.41, 5.74) is 11.5. The highest BCUT2D eigenvalue weighted by atomic mass is 19.1. The number of aryl methyl sites for hydroxylation is 2. The number of hydrogen-bond acceptors (Lipinski definition) is 1. The van der Waals surface area contributed by atoms with E-state index in [1.165, 1.54) is 22.8 Å². The normalized spacial score (nSPS) is 19.1. The lowest BCUT2D eigenvalue weighted by atomic mass is 9.78. The molecule has 0 aromatic heterocycles. The highest BCUT2D eigenvalue weighted by Gasteiger charge is 2.24. The molecule has 0 amide bonds. The molecule has 2 heteroatoms. The van der Waals surface area contributed by atoms with Crippen LogP contribution in [0.3, 0.4) is 0 Å². The van der Waals surface area contributed by atoms with E-state index in [4.69, 9.17) is 5.73 Å². The fraction of sp³-hybridized carbons (Fsp3) is 0.368. The maximum absolute atomic E-state index is 13.2. The summed E-state index contributed by atoms with van der Waals surface area (Å²) in [6, 6.07) is 13.8. The largest absolute Gasteiger partial charge is 0.327 e. The Balaban J connectivity index is 1.70. The molecule has 1 aliphatic carbocycles. The highest BCUT2D eigenvalue weighted by Crippen LogP contribution is 2.28. The van der Waals surface area contributed by atoms with Gasteiger partial charge in [0.25, 0.3) is 0 Å². The van der Waals surface area contributed by atoms with E-state index in [1.54, 1.807) is 6.07 Å². The first-order chi connectivity index (χ1) is 10.1. The third-order valence-corrected chi connectivity index (χ3v) is 4.75. The van der Waals surface area contributed by atoms with Crippen LogP contribution in [0, 0.1) is 18.7 Å². The van der Waals surface area contributed by atoms with Crippen molar-refractivity contribution in [3.63, 3.8) is 0 Å². The van der Waals surface area contributed by atoms with Crippen molar-refractivity contribution in [3.8, 4) is 0 Å². The first-order valence-corrected chi connectivity index (χ1v) is 7.71. The minimum Gasteiger partial charge on any atom is -0.327 e. The molecule has 0 aliphatic heterocycles. The summed E-state index contributed by atoms with van der Waals surface area (Å²) in [6.45, 7) is 1.96. The lowest BCUT2D eigenvalue weighted by Crippen LogP contribution is -2.36. The van der Waals surface area contributed by atoms with E-state index in [9.17, 15) is 4.39 Å². The second kappa shape index (κ2) is 5.98. The summed E-state index contributed by atoms with van der Waals surface area (Å²) < 4.78 is 13.2. The van der Waals surface area contributed by atoms with Crippen LogP contribution in [0.4, 0.5) is 4.39 Å². The van der Waals surface area contributed by atoms with Crippen molar-refractivity contribution in [1.82, 2.24) is 0 Å². The fourth-order valence-corrected chi connectivity index (χ4v) is 3.40. The monoisotopic (exact) mass is 283 g/mol. The van der Waals surface area contributed by atoms with E-state index >= 15 is 0 Å². The molecule has 0 fully saturated rings. The lowest BCUT2D eigenvalue weighted by molar-refractivity contribution is 0.372. The summed E-state index contributed by atoms with van der Waals surface area (Å²) in [5.74, 6) is 0.348. The fourth-order valence-electron chi connectivity index (χ4n) is 3.40. The summed E-state index contributed by atoms with van der Waals surface area (Å²) in [6.07, 6.45) is 4.17. The van der Waals surface area contributed by atoms with Crippen molar-refractivity contribution in [2.24, 2.45) is 11.7 Å².